The molecule has 1 aliphatic rings. The van der Waals surface area contributed by atoms with Crippen LogP contribution in [-0.2, 0) is 11.2 Å². The van der Waals surface area contributed by atoms with E-state index in [1.807, 2.05) is 0 Å². The highest BCUT2D eigenvalue weighted by molar-refractivity contribution is 5.66. The van der Waals surface area contributed by atoms with Crippen LogP contribution < -0.4 is 0 Å². The molecule has 1 N–H and O–H groups in total. The SMILES string of the molecule is CC(C)N1CCC(c2noc(CCC(=O)O)n2)C1. The van der Waals surface area contributed by atoms with Crippen molar-refractivity contribution in [1.29, 1.82) is 0 Å². The molecule has 0 bridgehead atoms. The maximum atomic E-state index is 10.5. The van der Waals surface area contributed by atoms with Crippen LogP contribution in [0.4, 0.5) is 0 Å². The minimum Gasteiger partial charge on any atom is -0.481 e. The first-order valence-corrected chi connectivity index (χ1v) is 6.34. The van der Waals surface area contributed by atoms with Gasteiger partial charge in [0.1, 0.15) is 0 Å². The van der Waals surface area contributed by atoms with Gasteiger partial charge in [0, 0.05) is 24.9 Å². The number of likely N-dealkylation sites (tertiary alicyclic amines) is 1. The first-order valence-electron chi connectivity index (χ1n) is 6.34. The highest BCUT2D eigenvalue weighted by Crippen LogP contribution is 2.26. The lowest BCUT2D eigenvalue weighted by Gasteiger charge is -2.19. The molecule has 1 saturated heterocycles. The van der Waals surface area contributed by atoms with Crippen LogP contribution in [0.15, 0.2) is 4.52 Å². The van der Waals surface area contributed by atoms with Gasteiger partial charge in [-0.1, -0.05) is 5.16 Å². The zero-order valence-electron chi connectivity index (χ0n) is 10.8. The molecule has 0 saturated carbocycles. The van der Waals surface area contributed by atoms with Gasteiger partial charge >= 0.3 is 5.97 Å². The number of hydrogen-bond donors (Lipinski definition) is 1. The molecule has 0 amide bonds. The third-order valence-corrected chi connectivity index (χ3v) is 3.35. The smallest absolute Gasteiger partial charge is 0.303 e. The highest BCUT2D eigenvalue weighted by atomic mass is 16.5. The normalized spacial score (nSPS) is 20.7. The summed E-state index contributed by atoms with van der Waals surface area (Å²) in [6.45, 7) is 6.37. The predicted molar refractivity (Wildman–Crippen MR) is 64.3 cm³/mol. The van der Waals surface area contributed by atoms with Crippen LogP contribution in [0.3, 0.4) is 0 Å². The van der Waals surface area contributed by atoms with Crippen LogP contribution in [0.1, 0.15) is 44.3 Å². The number of hydrogen-bond acceptors (Lipinski definition) is 5. The number of rotatable bonds is 5. The molecule has 2 heterocycles. The van der Waals surface area contributed by atoms with Gasteiger partial charge in [0.25, 0.3) is 0 Å². The molecule has 0 spiro atoms. The summed E-state index contributed by atoms with van der Waals surface area (Å²) in [5.74, 6) is 0.616. The first-order chi connectivity index (χ1) is 8.56. The highest BCUT2D eigenvalue weighted by Gasteiger charge is 2.28. The zero-order chi connectivity index (χ0) is 13.1. The van der Waals surface area contributed by atoms with E-state index in [4.69, 9.17) is 9.63 Å². The van der Waals surface area contributed by atoms with E-state index in [9.17, 15) is 4.79 Å². The van der Waals surface area contributed by atoms with E-state index < -0.39 is 5.97 Å². The van der Waals surface area contributed by atoms with Gasteiger partial charge in [0.15, 0.2) is 5.82 Å². The van der Waals surface area contributed by atoms with E-state index in [0.29, 0.717) is 24.3 Å². The molecule has 1 unspecified atom stereocenters. The van der Waals surface area contributed by atoms with Crippen molar-refractivity contribution < 1.29 is 14.4 Å². The van der Waals surface area contributed by atoms with Crippen molar-refractivity contribution >= 4 is 5.97 Å². The molecule has 1 aliphatic heterocycles. The molecule has 1 atom stereocenters. The fraction of sp³-hybridized carbons (Fsp3) is 0.750. The second-order valence-electron chi connectivity index (χ2n) is 5.01. The van der Waals surface area contributed by atoms with Crippen LogP contribution in [-0.4, -0.2) is 45.2 Å². The average Bonchev–Trinajstić information content (AvgIpc) is 2.95. The van der Waals surface area contributed by atoms with Crippen LogP contribution in [0, 0.1) is 0 Å². The molecule has 1 aromatic rings. The summed E-state index contributed by atoms with van der Waals surface area (Å²) in [6.07, 6.45) is 1.38. The number of aromatic nitrogens is 2. The maximum Gasteiger partial charge on any atom is 0.303 e. The second kappa shape index (κ2) is 5.48. The Morgan fingerprint density at radius 3 is 3.00 bits per heavy atom. The van der Waals surface area contributed by atoms with Crippen LogP contribution >= 0.6 is 0 Å². The molecule has 0 radical (unpaired) electrons. The number of carboxylic acids is 1. The van der Waals surface area contributed by atoms with Gasteiger partial charge in [0.2, 0.25) is 5.89 Å². The van der Waals surface area contributed by atoms with Crippen molar-refractivity contribution in [2.24, 2.45) is 0 Å². The van der Waals surface area contributed by atoms with Gasteiger partial charge in [-0.25, -0.2) is 0 Å². The Morgan fingerprint density at radius 1 is 1.61 bits per heavy atom. The third-order valence-electron chi connectivity index (χ3n) is 3.35. The van der Waals surface area contributed by atoms with Gasteiger partial charge in [-0.05, 0) is 26.8 Å². The van der Waals surface area contributed by atoms with Crippen molar-refractivity contribution in [3.8, 4) is 0 Å². The Balaban J connectivity index is 1.92. The summed E-state index contributed by atoms with van der Waals surface area (Å²) in [7, 11) is 0. The zero-order valence-corrected chi connectivity index (χ0v) is 10.8. The molecule has 1 fully saturated rings. The van der Waals surface area contributed by atoms with Crippen molar-refractivity contribution in [2.45, 2.75) is 45.1 Å². The standard InChI is InChI=1S/C12H19N3O3/c1-8(2)15-6-5-9(7-15)12-13-10(18-14-12)3-4-11(16)17/h8-9H,3-7H2,1-2H3,(H,16,17). The lowest BCUT2D eigenvalue weighted by molar-refractivity contribution is -0.137. The van der Waals surface area contributed by atoms with Crippen molar-refractivity contribution in [1.82, 2.24) is 15.0 Å². The van der Waals surface area contributed by atoms with E-state index in [0.717, 1.165) is 25.3 Å². The fourth-order valence-electron chi connectivity index (χ4n) is 2.22. The molecular weight excluding hydrogens is 234 g/mol. The molecular formula is C12H19N3O3. The summed E-state index contributed by atoms with van der Waals surface area (Å²) in [6, 6.07) is 0.536. The van der Waals surface area contributed by atoms with Gasteiger partial charge in [-0.2, -0.15) is 4.98 Å². The average molecular weight is 253 g/mol. The molecule has 100 valence electrons. The van der Waals surface area contributed by atoms with Crippen LogP contribution in [0.5, 0.6) is 0 Å². The predicted octanol–water partition coefficient (Wildman–Crippen LogP) is 1.28. The van der Waals surface area contributed by atoms with E-state index in [2.05, 4.69) is 28.9 Å². The van der Waals surface area contributed by atoms with Crippen LogP contribution in [0.2, 0.25) is 0 Å². The van der Waals surface area contributed by atoms with Gasteiger partial charge in [0.05, 0.1) is 6.42 Å². The molecule has 2 rings (SSSR count). The molecule has 18 heavy (non-hydrogen) atoms. The summed E-state index contributed by atoms with van der Waals surface area (Å²) in [5, 5.41) is 12.6. The van der Waals surface area contributed by atoms with E-state index >= 15 is 0 Å². The summed E-state index contributed by atoms with van der Waals surface area (Å²) in [4.78, 5) is 17.1. The number of nitrogens with zero attached hydrogens (tertiary/aromatic N) is 3. The number of aliphatic carboxylic acids is 1. The molecule has 6 heteroatoms. The Hall–Kier alpha value is -1.43. The van der Waals surface area contributed by atoms with Crippen molar-refractivity contribution in [2.75, 3.05) is 13.1 Å². The number of carboxylic acid groups (broad SMARTS) is 1. The Kier molecular flexibility index (Phi) is 3.96. The Morgan fingerprint density at radius 2 is 2.39 bits per heavy atom. The van der Waals surface area contributed by atoms with Crippen molar-refractivity contribution in [3.05, 3.63) is 11.7 Å². The lowest BCUT2D eigenvalue weighted by Crippen LogP contribution is -2.28. The van der Waals surface area contributed by atoms with Gasteiger partial charge < -0.3 is 14.5 Å². The third kappa shape index (κ3) is 3.07. The topological polar surface area (TPSA) is 79.5 Å². The number of carbonyl (C=O) groups is 1. The van der Waals surface area contributed by atoms with Crippen molar-refractivity contribution in [3.63, 3.8) is 0 Å². The molecule has 6 nitrogen and oxygen atoms in total. The fourth-order valence-corrected chi connectivity index (χ4v) is 2.22. The first kappa shape index (κ1) is 13.0. The monoisotopic (exact) mass is 253 g/mol. The van der Waals surface area contributed by atoms with E-state index in [1.165, 1.54) is 0 Å². The largest absolute Gasteiger partial charge is 0.481 e. The summed E-state index contributed by atoms with van der Waals surface area (Å²) in [5.41, 5.74) is 0. The van der Waals surface area contributed by atoms with E-state index in [-0.39, 0.29) is 6.42 Å². The molecule has 0 aromatic carbocycles. The van der Waals surface area contributed by atoms with Gasteiger partial charge in [-0.15, -0.1) is 0 Å². The summed E-state index contributed by atoms with van der Waals surface area (Å²) >= 11 is 0. The summed E-state index contributed by atoms with van der Waals surface area (Å²) < 4.78 is 5.08. The van der Waals surface area contributed by atoms with Gasteiger partial charge in [-0.3, -0.25) is 4.79 Å². The molecule has 0 aliphatic carbocycles. The minimum absolute atomic E-state index is 0.0322. The van der Waals surface area contributed by atoms with E-state index in [1.54, 1.807) is 0 Å². The molecule has 1 aromatic heterocycles. The lowest BCUT2D eigenvalue weighted by atomic mass is 10.1. The maximum absolute atomic E-state index is 10.5. The minimum atomic E-state index is -0.846. The Bertz CT molecular complexity index is 416. The Labute approximate surface area is 106 Å². The number of aryl methyl sites for hydroxylation is 1. The second-order valence-corrected chi connectivity index (χ2v) is 5.01. The van der Waals surface area contributed by atoms with Crippen LogP contribution in [0.25, 0.3) is 0 Å². The quantitative estimate of drug-likeness (QED) is 0.851.